The molecule has 0 atom stereocenters. The fraction of sp³-hybridized carbons (Fsp3) is 0.0909. The number of carboxylic acids is 1. The predicted octanol–water partition coefficient (Wildman–Crippen LogP) is 5.72. The lowest BCUT2D eigenvalue weighted by Crippen LogP contribution is -2.02. The molecule has 204 valence electrons. The standard InChI is InChI=1S/C22H18N4O11S2/c1-10-5-15(17(33-2)9-18(10)39-37-35-32)23-24-19-20(22(29)30)25-26(21(19)28)16-8-13(38-36-34-31)6-11-3-4-12(27)7-14(11)16/h3-9,27-28,31-32H,1-2H3,(H,29,30). The minimum Gasteiger partial charge on any atom is -0.508 e. The van der Waals surface area contributed by atoms with E-state index >= 15 is 0 Å². The fourth-order valence-electron chi connectivity index (χ4n) is 3.52. The highest BCUT2D eigenvalue weighted by atomic mass is 32.2. The highest BCUT2D eigenvalue weighted by Gasteiger charge is 2.25. The van der Waals surface area contributed by atoms with Gasteiger partial charge in [0.2, 0.25) is 11.6 Å². The number of aromatic hydroxyl groups is 2. The minimum atomic E-state index is -1.50. The van der Waals surface area contributed by atoms with Crippen LogP contribution >= 0.6 is 24.1 Å². The van der Waals surface area contributed by atoms with Gasteiger partial charge in [-0.2, -0.15) is 9.78 Å². The fourth-order valence-corrected chi connectivity index (χ4v) is 4.42. The third kappa shape index (κ3) is 6.05. The Morgan fingerprint density at radius 2 is 1.74 bits per heavy atom. The molecular weight excluding hydrogens is 560 g/mol. The van der Waals surface area contributed by atoms with E-state index in [9.17, 15) is 20.1 Å². The molecule has 4 rings (SSSR count). The zero-order chi connectivity index (χ0) is 28.1. The number of fused-ring (bicyclic) bond motifs is 1. The van der Waals surface area contributed by atoms with Crippen molar-refractivity contribution in [2.45, 2.75) is 16.7 Å². The number of aryl methyl sites for hydroxylation is 1. The van der Waals surface area contributed by atoms with E-state index in [0.717, 1.165) is 4.68 Å². The van der Waals surface area contributed by atoms with Crippen LogP contribution in [0.3, 0.4) is 0 Å². The number of hydrogen-bond donors (Lipinski definition) is 5. The number of rotatable bonds is 11. The van der Waals surface area contributed by atoms with E-state index in [2.05, 4.69) is 34.1 Å². The van der Waals surface area contributed by atoms with E-state index in [0.29, 0.717) is 50.2 Å². The molecule has 0 aliphatic rings. The van der Waals surface area contributed by atoms with Crippen LogP contribution in [0, 0.1) is 6.92 Å². The summed E-state index contributed by atoms with van der Waals surface area (Å²) in [6.45, 7) is 1.71. The predicted molar refractivity (Wildman–Crippen MR) is 135 cm³/mol. The number of benzene rings is 3. The third-order valence-corrected chi connectivity index (χ3v) is 6.51. The van der Waals surface area contributed by atoms with Gasteiger partial charge in [-0.15, -0.1) is 18.9 Å². The number of hydrogen-bond acceptors (Lipinski definition) is 15. The maximum Gasteiger partial charge on any atom is 0.358 e. The molecule has 5 N–H and O–H groups in total. The van der Waals surface area contributed by atoms with E-state index in [4.69, 9.17) is 15.3 Å². The highest BCUT2D eigenvalue weighted by molar-refractivity contribution is 7.94. The zero-order valence-corrected chi connectivity index (χ0v) is 21.5. The van der Waals surface area contributed by atoms with Gasteiger partial charge in [-0.1, -0.05) is 16.1 Å². The van der Waals surface area contributed by atoms with Gasteiger partial charge in [-0.25, -0.2) is 15.3 Å². The summed E-state index contributed by atoms with van der Waals surface area (Å²) in [7, 11) is 1.37. The Morgan fingerprint density at radius 1 is 1.00 bits per heavy atom. The Morgan fingerprint density at radius 3 is 2.44 bits per heavy atom. The molecule has 0 amide bonds. The summed E-state index contributed by atoms with van der Waals surface area (Å²) in [6.07, 6.45) is 0. The molecule has 15 nitrogen and oxygen atoms in total. The molecule has 39 heavy (non-hydrogen) atoms. The van der Waals surface area contributed by atoms with E-state index in [-0.39, 0.29) is 22.9 Å². The van der Waals surface area contributed by atoms with Crippen molar-refractivity contribution in [2.75, 3.05) is 7.11 Å². The van der Waals surface area contributed by atoms with Crippen molar-refractivity contribution in [1.82, 2.24) is 9.78 Å². The zero-order valence-electron chi connectivity index (χ0n) is 19.8. The molecule has 0 unspecified atom stereocenters. The number of aromatic nitrogens is 2. The van der Waals surface area contributed by atoms with Gasteiger partial charge >= 0.3 is 5.97 Å². The third-order valence-electron chi connectivity index (χ3n) is 5.21. The molecule has 4 aromatic rings. The van der Waals surface area contributed by atoms with Gasteiger partial charge in [-0.3, -0.25) is 0 Å². The Balaban J connectivity index is 1.84. The van der Waals surface area contributed by atoms with Crippen LogP contribution in [0.15, 0.2) is 62.5 Å². The van der Waals surface area contributed by atoms with Gasteiger partial charge in [0, 0.05) is 15.2 Å². The summed E-state index contributed by atoms with van der Waals surface area (Å²) in [5, 5.41) is 68.0. The first-order valence-electron chi connectivity index (χ1n) is 10.5. The number of azo groups is 1. The Hall–Kier alpha value is -3.94. The quantitative estimate of drug-likeness (QED) is 0.0624. The smallest absolute Gasteiger partial charge is 0.358 e. The molecule has 17 heteroatoms. The Labute approximate surface area is 226 Å². The maximum atomic E-state index is 12.0. The van der Waals surface area contributed by atoms with E-state index < -0.39 is 23.2 Å². The molecule has 0 radical (unpaired) electrons. The molecule has 1 heterocycles. The lowest BCUT2D eigenvalue weighted by Gasteiger charge is -2.10. The number of nitrogens with zero attached hydrogens (tertiary/aromatic N) is 4. The molecule has 0 aliphatic carbocycles. The largest absolute Gasteiger partial charge is 0.508 e. The lowest BCUT2D eigenvalue weighted by atomic mass is 10.1. The monoisotopic (exact) mass is 578 g/mol. The molecule has 3 aromatic carbocycles. The Bertz CT molecular complexity index is 1560. The van der Waals surface area contributed by atoms with Crippen molar-refractivity contribution in [3.8, 4) is 23.1 Å². The number of carbonyl (C=O) groups is 1. The molecule has 0 fully saturated rings. The molecule has 0 spiro atoms. The SMILES string of the molecule is COc1cc(SOOO)c(C)cc1N=Nc1c(C(=O)O)nn(-c2cc(SOOO)cc3ccc(O)cc23)c1O. The molecule has 0 aliphatic heterocycles. The minimum absolute atomic E-state index is 0.0934. The highest BCUT2D eigenvalue weighted by Crippen LogP contribution is 2.41. The van der Waals surface area contributed by atoms with Crippen LogP contribution in [0.5, 0.6) is 17.4 Å². The van der Waals surface area contributed by atoms with Crippen LogP contribution < -0.4 is 4.74 Å². The topological polar surface area (TPSA) is 207 Å². The number of phenols is 1. The molecular formula is C22H18N4O11S2. The molecule has 0 saturated carbocycles. The van der Waals surface area contributed by atoms with Gasteiger partial charge in [-0.05, 0) is 54.3 Å². The average Bonchev–Trinajstić information content (AvgIpc) is 3.25. The second kappa shape index (κ2) is 12.3. The maximum absolute atomic E-state index is 12.0. The van der Waals surface area contributed by atoms with Gasteiger partial charge in [0.15, 0.2) is 5.69 Å². The first-order valence-corrected chi connectivity index (χ1v) is 12.0. The number of carboxylic acid groups (broad SMARTS) is 1. The van der Waals surface area contributed by atoms with Crippen molar-refractivity contribution >= 4 is 52.2 Å². The summed E-state index contributed by atoms with van der Waals surface area (Å²) in [6, 6.07) is 10.6. The van der Waals surface area contributed by atoms with Crippen LogP contribution in [0.4, 0.5) is 11.4 Å². The van der Waals surface area contributed by atoms with Crippen molar-refractivity contribution < 1.29 is 54.1 Å². The van der Waals surface area contributed by atoms with Crippen molar-refractivity contribution in [1.29, 1.82) is 0 Å². The first kappa shape index (κ1) is 28.1. The van der Waals surface area contributed by atoms with Crippen LogP contribution in [-0.4, -0.2) is 48.7 Å². The molecule has 0 saturated heterocycles. The van der Waals surface area contributed by atoms with Crippen molar-refractivity contribution in [2.24, 2.45) is 10.2 Å². The number of aromatic carboxylic acids is 1. The number of ether oxygens (including phenoxy) is 1. The van der Waals surface area contributed by atoms with Crippen LogP contribution in [-0.2, 0) is 18.7 Å². The summed E-state index contributed by atoms with van der Waals surface area (Å²) in [5.74, 6) is -2.04. The normalized spacial score (nSPS) is 11.5. The first-order chi connectivity index (χ1) is 18.8. The van der Waals surface area contributed by atoms with Gasteiger partial charge in [0.05, 0.1) is 36.9 Å². The van der Waals surface area contributed by atoms with E-state index in [1.54, 1.807) is 25.1 Å². The van der Waals surface area contributed by atoms with Crippen LogP contribution in [0.1, 0.15) is 16.1 Å². The van der Waals surface area contributed by atoms with E-state index in [1.165, 1.54) is 31.4 Å². The van der Waals surface area contributed by atoms with Crippen molar-refractivity contribution in [3.63, 3.8) is 0 Å². The van der Waals surface area contributed by atoms with Gasteiger partial charge < -0.3 is 20.1 Å². The summed E-state index contributed by atoms with van der Waals surface area (Å²) in [4.78, 5) is 12.9. The Kier molecular flexibility index (Phi) is 8.84. The van der Waals surface area contributed by atoms with Crippen LogP contribution in [0.25, 0.3) is 16.5 Å². The number of methoxy groups -OCH3 is 1. The summed E-state index contributed by atoms with van der Waals surface area (Å²) in [5.41, 5.74) is -0.120. The second-order valence-corrected chi connectivity index (χ2v) is 9.04. The van der Waals surface area contributed by atoms with Crippen molar-refractivity contribution in [3.05, 3.63) is 53.7 Å². The van der Waals surface area contributed by atoms with Gasteiger partial charge in [0.25, 0.3) is 0 Å². The van der Waals surface area contributed by atoms with E-state index in [1.807, 2.05) is 0 Å². The van der Waals surface area contributed by atoms with Gasteiger partial charge in [0.1, 0.15) is 17.2 Å². The second-order valence-electron chi connectivity index (χ2n) is 7.53. The van der Waals surface area contributed by atoms with Crippen LogP contribution in [0.2, 0.25) is 0 Å². The number of phenolic OH excluding ortho intramolecular Hbond substituents is 1. The summed E-state index contributed by atoms with van der Waals surface area (Å²) >= 11 is 1.34. The lowest BCUT2D eigenvalue weighted by molar-refractivity contribution is -0.432. The molecule has 0 bridgehead atoms. The summed E-state index contributed by atoms with van der Waals surface area (Å²) < 4.78 is 15.2. The average molecular weight is 579 g/mol. The molecule has 1 aromatic heterocycles.